The van der Waals surface area contributed by atoms with Gasteiger partial charge in [-0.3, -0.25) is 4.90 Å². The zero-order valence-electron chi connectivity index (χ0n) is 15.8. The van der Waals surface area contributed by atoms with Crippen LogP contribution in [-0.2, 0) is 11.3 Å². The van der Waals surface area contributed by atoms with Crippen molar-refractivity contribution in [3.63, 3.8) is 0 Å². The van der Waals surface area contributed by atoms with Gasteiger partial charge in [0.1, 0.15) is 0 Å². The highest BCUT2D eigenvalue weighted by atomic mass is 16.6. The second kappa shape index (κ2) is 9.51. The standard InChI is InChI=1S/C19H30N2O4/c1-5-24-19(22)21-10-8-20(9-11-21)13-16-6-7-17(18(12-16)23-4)25-14-15(2)3/h6-7,12,15H,5,8-11,13-14H2,1-4H3. The van der Waals surface area contributed by atoms with Crippen LogP contribution in [0, 0.1) is 5.92 Å². The maximum Gasteiger partial charge on any atom is 0.409 e. The van der Waals surface area contributed by atoms with Gasteiger partial charge in [0.05, 0.1) is 20.3 Å². The fraction of sp³-hybridized carbons (Fsp3) is 0.632. The van der Waals surface area contributed by atoms with Gasteiger partial charge in [-0.1, -0.05) is 19.9 Å². The number of hydrogen-bond acceptors (Lipinski definition) is 5. The van der Waals surface area contributed by atoms with Gasteiger partial charge in [-0.05, 0) is 30.5 Å². The van der Waals surface area contributed by atoms with Gasteiger partial charge < -0.3 is 19.1 Å². The number of piperazine rings is 1. The fourth-order valence-electron chi connectivity index (χ4n) is 2.75. The van der Waals surface area contributed by atoms with Crippen molar-refractivity contribution in [2.75, 3.05) is 46.5 Å². The Bertz CT molecular complexity index is 554. The van der Waals surface area contributed by atoms with E-state index >= 15 is 0 Å². The monoisotopic (exact) mass is 350 g/mol. The summed E-state index contributed by atoms with van der Waals surface area (Å²) in [6, 6.07) is 6.09. The van der Waals surface area contributed by atoms with E-state index in [-0.39, 0.29) is 6.09 Å². The molecule has 1 heterocycles. The normalized spacial score (nSPS) is 15.3. The van der Waals surface area contributed by atoms with Crippen LogP contribution in [0.25, 0.3) is 0 Å². The Morgan fingerprint density at radius 1 is 1.16 bits per heavy atom. The largest absolute Gasteiger partial charge is 0.493 e. The van der Waals surface area contributed by atoms with E-state index in [1.807, 2.05) is 19.1 Å². The van der Waals surface area contributed by atoms with Gasteiger partial charge in [-0.15, -0.1) is 0 Å². The summed E-state index contributed by atoms with van der Waals surface area (Å²) in [4.78, 5) is 15.8. The molecule has 0 unspecified atom stereocenters. The molecule has 0 spiro atoms. The van der Waals surface area contributed by atoms with E-state index < -0.39 is 0 Å². The van der Waals surface area contributed by atoms with Gasteiger partial charge in [-0.25, -0.2) is 4.79 Å². The quantitative estimate of drug-likeness (QED) is 0.757. The van der Waals surface area contributed by atoms with Gasteiger partial charge in [0.15, 0.2) is 11.5 Å². The van der Waals surface area contributed by atoms with Crippen LogP contribution in [0.5, 0.6) is 11.5 Å². The van der Waals surface area contributed by atoms with Crippen molar-refractivity contribution in [3.05, 3.63) is 23.8 Å². The predicted octanol–water partition coefficient (Wildman–Crippen LogP) is 3.00. The van der Waals surface area contributed by atoms with E-state index in [0.29, 0.717) is 32.2 Å². The van der Waals surface area contributed by atoms with E-state index in [1.165, 1.54) is 5.56 Å². The summed E-state index contributed by atoms with van der Waals surface area (Å²) in [5.41, 5.74) is 1.18. The Morgan fingerprint density at radius 3 is 2.48 bits per heavy atom. The number of nitrogens with zero attached hydrogens (tertiary/aromatic N) is 2. The Balaban J connectivity index is 1.89. The molecule has 1 aliphatic heterocycles. The minimum atomic E-state index is -0.213. The lowest BCUT2D eigenvalue weighted by Gasteiger charge is -2.34. The van der Waals surface area contributed by atoms with Crippen LogP contribution in [0.15, 0.2) is 18.2 Å². The number of amides is 1. The van der Waals surface area contributed by atoms with Crippen molar-refractivity contribution in [2.24, 2.45) is 5.92 Å². The summed E-state index contributed by atoms with van der Waals surface area (Å²) < 4.78 is 16.3. The molecule has 1 saturated heterocycles. The molecule has 140 valence electrons. The van der Waals surface area contributed by atoms with Crippen molar-refractivity contribution in [1.82, 2.24) is 9.80 Å². The summed E-state index contributed by atoms with van der Waals surface area (Å²) in [7, 11) is 1.67. The number of carbonyl (C=O) groups excluding carboxylic acids is 1. The lowest BCUT2D eigenvalue weighted by Crippen LogP contribution is -2.48. The summed E-state index contributed by atoms with van der Waals surface area (Å²) in [6.07, 6.45) is -0.213. The van der Waals surface area contributed by atoms with E-state index in [9.17, 15) is 4.79 Å². The molecule has 0 atom stereocenters. The van der Waals surface area contributed by atoms with Crippen molar-refractivity contribution in [2.45, 2.75) is 27.3 Å². The van der Waals surface area contributed by atoms with Crippen LogP contribution in [0.1, 0.15) is 26.3 Å². The molecule has 1 aliphatic rings. The molecule has 0 bridgehead atoms. The average Bonchev–Trinajstić information content (AvgIpc) is 2.61. The molecule has 1 amide bonds. The van der Waals surface area contributed by atoms with Gasteiger partial charge in [0, 0.05) is 32.7 Å². The predicted molar refractivity (Wildman–Crippen MR) is 97.2 cm³/mol. The van der Waals surface area contributed by atoms with Crippen molar-refractivity contribution < 1.29 is 19.0 Å². The van der Waals surface area contributed by atoms with Crippen LogP contribution in [-0.4, -0.2) is 62.4 Å². The molecule has 1 fully saturated rings. The van der Waals surface area contributed by atoms with Crippen molar-refractivity contribution in [3.8, 4) is 11.5 Å². The lowest BCUT2D eigenvalue weighted by atomic mass is 10.1. The molecule has 0 aliphatic carbocycles. The second-order valence-electron chi connectivity index (χ2n) is 6.65. The Hall–Kier alpha value is -1.95. The molecular weight excluding hydrogens is 320 g/mol. The molecule has 1 aromatic rings. The van der Waals surface area contributed by atoms with E-state index in [4.69, 9.17) is 14.2 Å². The zero-order valence-corrected chi connectivity index (χ0v) is 15.8. The number of hydrogen-bond donors (Lipinski definition) is 0. The smallest absolute Gasteiger partial charge is 0.409 e. The third-order valence-electron chi connectivity index (χ3n) is 4.10. The van der Waals surface area contributed by atoms with Crippen LogP contribution in [0.3, 0.4) is 0 Å². The van der Waals surface area contributed by atoms with Crippen LogP contribution in [0.2, 0.25) is 0 Å². The molecule has 0 radical (unpaired) electrons. The summed E-state index contributed by atoms with van der Waals surface area (Å²) in [6.45, 7) is 11.1. The first-order valence-electron chi connectivity index (χ1n) is 8.97. The number of benzene rings is 1. The minimum Gasteiger partial charge on any atom is -0.493 e. The highest BCUT2D eigenvalue weighted by molar-refractivity contribution is 5.67. The maximum absolute atomic E-state index is 11.7. The third kappa shape index (κ3) is 5.81. The van der Waals surface area contributed by atoms with Crippen LogP contribution < -0.4 is 9.47 Å². The maximum atomic E-state index is 11.7. The highest BCUT2D eigenvalue weighted by Gasteiger charge is 2.22. The number of ether oxygens (including phenoxy) is 3. The Kier molecular flexibility index (Phi) is 7.37. The summed E-state index contributed by atoms with van der Waals surface area (Å²) >= 11 is 0. The second-order valence-corrected chi connectivity index (χ2v) is 6.65. The molecule has 1 aromatic carbocycles. The zero-order chi connectivity index (χ0) is 18.2. The van der Waals surface area contributed by atoms with Crippen LogP contribution >= 0.6 is 0 Å². The van der Waals surface area contributed by atoms with Crippen LogP contribution in [0.4, 0.5) is 4.79 Å². The minimum absolute atomic E-state index is 0.213. The highest BCUT2D eigenvalue weighted by Crippen LogP contribution is 2.29. The first-order chi connectivity index (χ1) is 12.0. The number of carbonyl (C=O) groups is 1. The lowest BCUT2D eigenvalue weighted by molar-refractivity contribution is 0.0778. The summed E-state index contributed by atoms with van der Waals surface area (Å²) in [5, 5.41) is 0. The van der Waals surface area contributed by atoms with Crippen molar-refractivity contribution in [1.29, 1.82) is 0 Å². The van der Waals surface area contributed by atoms with Crippen molar-refractivity contribution >= 4 is 6.09 Å². The molecule has 0 N–H and O–H groups in total. The van der Waals surface area contributed by atoms with E-state index in [1.54, 1.807) is 12.0 Å². The van der Waals surface area contributed by atoms with E-state index in [2.05, 4.69) is 24.8 Å². The first kappa shape index (κ1) is 19.4. The van der Waals surface area contributed by atoms with Gasteiger partial charge in [-0.2, -0.15) is 0 Å². The Labute approximate surface area is 150 Å². The summed E-state index contributed by atoms with van der Waals surface area (Å²) in [5.74, 6) is 2.02. The molecule has 25 heavy (non-hydrogen) atoms. The van der Waals surface area contributed by atoms with Gasteiger partial charge >= 0.3 is 6.09 Å². The fourth-order valence-corrected chi connectivity index (χ4v) is 2.75. The van der Waals surface area contributed by atoms with Gasteiger partial charge in [0.25, 0.3) is 0 Å². The topological polar surface area (TPSA) is 51.2 Å². The van der Waals surface area contributed by atoms with Gasteiger partial charge in [0.2, 0.25) is 0 Å². The third-order valence-corrected chi connectivity index (χ3v) is 4.10. The average molecular weight is 350 g/mol. The molecule has 6 heteroatoms. The van der Waals surface area contributed by atoms with E-state index in [0.717, 1.165) is 31.1 Å². The first-order valence-corrected chi connectivity index (χ1v) is 8.97. The Morgan fingerprint density at radius 2 is 1.88 bits per heavy atom. The SMILES string of the molecule is CCOC(=O)N1CCN(Cc2ccc(OCC(C)C)c(OC)c2)CC1. The number of methoxy groups -OCH3 is 1. The molecule has 2 rings (SSSR count). The molecule has 0 aromatic heterocycles. The molecule has 0 saturated carbocycles. The molecular formula is C19H30N2O4. The number of rotatable bonds is 7. The molecule has 6 nitrogen and oxygen atoms in total.